The lowest BCUT2D eigenvalue weighted by atomic mass is 10.1. The number of rotatable bonds is 9. The molecule has 2 unspecified atom stereocenters. The fraction of sp³-hybridized carbons (Fsp3) is 0.737. The summed E-state index contributed by atoms with van der Waals surface area (Å²) in [5, 5.41) is 8.29. The van der Waals surface area contributed by atoms with E-state index >= 15 is 0 Å². The first kappa shape index (κ1) is 19.6. The van der Waals surface area contributed by atoms with Crippen molar-refractivity contribution in [3.05, 3.63) is 22.4 Å². The Labute approximate surface area is 160 Å². The quantitative estimate of drug-likeness (QED) is 0.689. The number of ether oxygens (including phenoxy) is 1. The van der Waals surface area contributed by atoms with Gasteiger partial charge in [-0.25, -0.2) is 4.79 Å². The van der Waals surface area contributed by atoms with Crippen LogP contribution < -0.4 is 10.6 Å². The highest BCUT2D eigenvalue weighted by Crippen LogP contribution is 2.27. The normalized spacial score (nSPS) is 22.6. The van der Waals surface area contributed by atoms with Crippen LogP contribution in [0.4, 0.5) is 4.79 Å². The summed E-state index contributed by atoms with van der Waals surface area (Å²) < 4.78 is 5.14. The maximum atomic E-state index is 12.3. The number of hydrogen-bond acceptors (Lipinski definition) is 5. The monoisotopic (exact) mass is 380 g/mol. The first-order valence-electron chi connectivity index (χ1n) is 9.76. The largest absolute Gasteiger partial charge is 0.383 e. The van der Waals surface area contributed by atoms with E-state index in [1.165, 1.54) is 17.7 Å². The van der Waals surface area contributed by atoms with Crippen molar-refractivity contribution in [2.24, 2.45) is 5.92 Å². The van der Waals surface area contributed by atoms with Crippen LogP contribution in [0.15, 0.2) is 17.5 Å². The third kappa shape index (κ3) is 5.67. The number of nitrogens with one attached hydrogen (secondary N) is 2. The first-order valence-corrected chi connectivity index (χ1v) is 10.6. The van der Waals surface area contributed by atoms with E-state index in [1.807, 2.05) is 0 Å². The molecular formula is C19H32N4O2S. The predicted molar refractivity (Wildman–Crippen MR) is 106 cm³/mol. The Balaban J connectivity index is 1.39. The highest BCUT2D eigenvalue weighted by molar-refractivity contribution is 7.10. The van der Waals surface area contributed by atoms with Gasteiger partial charge >= 0.3 is 6.03 Å². The molecule has 6 nitrogen and oxygen atoms in total. The molecule has 3 rings (SSSR count). The maximum Gasteiger partial charge on any atom is 0.314 e. The minimum absolute atomic E-state index is 0.0407. The number of likely N-dealkylation sites (tertiary alicyclic amines) is 2. The summed E-state index contributed by atoms with van der Waals surface area (Å²) in [6, 6.07) is 4.54. The summed E-state index contributed by atoms with van der Waals surface area (Å²) in [6.45, 7) is 7.61. The second kappa shape index (κ2) is 10.3. The van der Waals surface area contributed by atoms with Gasteiger partial charge < -0.3 is 20.3 Å². The standard InChI is InChI=1S/C19H32N4O2S/c1-25-11-10-22-9-6-16(15-22)13-20-19(24)21-14-17(18-5-4-12-26-18)23-7-2-3-8-23/h4-5,12,16-17H,2-3,6-11,13-15H2,1H3,(H2,20,21,24). The SMILES string of the molecule is COCCN1CCC(CNC(=O)NCC(c2cccs2)N2CCCC2)C1. The number of hydrogen-bond donors (Lipinski definition) is 2. The summed E-state index contributed by atoms with van der Waals surface area (Å²) in [4.78, 5) is 18.5. The molecular weight excluding hydrogens is 348 g/mol. The van der Waals surface area contributed by atoms with Gasteiger partial charge in [0.15, 0.2) is 0 Å². The number of carbonyl (C=O) groups excluding carboxylic acids is 1. The Morgan fingerprint density at radius 2 is 2.19 bits per heavy atom. The molecule has 0 saturated carbocycles. The number of carbonyl (C=O) groups is 1. The fourth-order valence-electron chi connectivity index (χ4n) is 3.94. The van der Waals surface area contributed by atoms with Crippen LogP contribution >= 0.6 is 11.3 Å². The van der Waals surface area contributed by atoms with Crippen LogP contribution in [0.5, 0.6) is 0 Å². The van der Waals surface area contributed by atoms with E-state index in [-0.39, 0.29) is 6.03 Å². The molecule has 0 bridgehead atoms. The minimum Gasteiger partial charge on any atom is -0.383 e. The molecule has 0 aliphatic carbocycles. The van der Waals surface area contributed by atoms with Crippen molar-refractivity contribution in [1.82, 2.24) is 20.4 Å². The second-order valence-corrected chi connectivity index (χ2v) is 8.29. The molecule has 0 aromatic carbocycles. The molecule has 2 aliphatic heterocycles. The molecule has 2 amide bonds. The van der Waals surface area contributed by atoms with E-state index in [0.29, 0.717) is 18.5 Å². The Morgan fingerprint density at radius 1 is 1.35 bits per heavy atom. The molecule has 2 N–H and O–H groups in total. The molecule has 26 heavy (non-hydrogen) atoms. The minimum atomic E-state index is -0.0407. The fourth-order valence-corrected chi connectivity index (χ4v) is 4.80. The lowest BCUT2D eigenvalue weighted by Gasteiger charge is -2.27. The number of nitrogens with zero attached hydrogens (tertiary/aromatic N) is 2. The predicted octanol–water partition coefficient (Wildman–Crippen LogP) is 2.15. The summed E-state index contributed by atoms with van der Waals surface area (Å²) in [5.41, 5.74) is 0. The summed E-state index contributed by atoms with van der Waals surface area (Å²) in [7, 11) is 1.74. The van der Waals surface area contributed by atoms with E-state index in [4.69, 9.17) is 4.74 Å². The Hall–Kier alpha value is -1.15. The van der Waals surface area contributed by atoms with E-state index < -0.39 is 0 Å². The van der Waals surface area contributed by atoms with Gasteiger partial charge in [0.25, 0.3) is 0 Å². The molecule has 1 aromatic heterocycles. The van der Waals surface area contributed by atoms with Crippen molar-refractivity contribution in [1.29, 1.82) is 0 Å². The zero-order valence-electron chi connectivity index (χ0n) is 15.8. The van der Waals surface area contributed by atoms with Gasteiger partial charge in [-0.2, -0.15) is 0 Å². The highest BCUT2D eigenvalue weighted by Gasteiger charge is 2.25. The van der Waals surface area contributed by atoms with E-state index in [2.05, 4.69) is 37.9 Å². The smallest absolute Gasteiger partial charge is 0.314 e. The first-order chi connectivity index (χ1) is 12.8. The summed E-state index contributed by atoms with van der Waals surface area (Å²) >= 11 is 1.78. The van der Waals surface area contributed by atoms with Crippen LogP contribution in [0, 0.1) is 5.92 Å². The summed E-state index contributed by atoms with van der Waals surface area (Å²) in [5.74, 6) is 0.546. The molecule has 0 radical (unpaired) electrons. The molecule has 2 atom stereocenters. The molecule has 2 saturated heterocycles. The molecule has 3 heterocycles. The van der Waals surface area contributed by atoms with Gasteiger partial charge in [0.05, 0.1) is 12.6 Å². The van der Waals surface area contributed by atoms with Crippen LogP contribution in [0.1, 0.15) is 30.2 Å². The average Bonchev–Trinajstić information content (AvgIpc) is 3.41. The van der Waals surface area contributed by atoms with E-state index in [9.17, 15) is 4.79 Å². The van der Waals surface area contributed by atoms with E-state index in [0.717, 1.165) is 52.3 Å². The van der Waals surface area contributed by atoms with Gasteiger partial charge in [-0.15, -0.1) is 11.3 Å². The number of methoxy groups -OCH3 is 1. The van der Waals surface area contributed by atoms with Gasteiger partial charge in [-0.05, 0) is 56.3 Å². The molecule has 2 aliphatic rings. The van der Waals surface area contributed by atoms with E-state index in [1.54, 1.807) is 18.4 Å². The average molecular weight is 381 g/mol. The number of urea groups is 1. The van der Waals surface area contributed by atoms with Gasteiger partial charge in [-0.3, -0.25) is 4.90 Å². The van der Waals surface area contributed by atoms with Gasteiger partial charge in [0.1, 0.15) is 0 Å². The van der Waals surface area contributed by atoms with Crippen LogP contribution in [0.25, 0.3) is 0 Å². The third-order valence-electron chi connectivity index (χ3n) is 5.44. The lowest BCUT2D eigenvalue weighted by molar-refractivity contribution is 0.159. The Bertz CT molecular complexity index is 534. The van der Waals surface area contributed by atoms with Crippen LogP contribution in [0.2, 0.25) is 0 Å². The molecule has 0 spiro atoms. The van der Waals surface area contributed by atoms with Gasteiger partial charge in [0, 0.05) is 38.2 Å². The highest BCUT2D eigenvalue weighted by atomic mass is 32.1. The van der Waals surface area contributed by atoms with Crippen LogP contribution in [-0.2, 0) is 4.74 Å². The second-order valence-electron chi connectivity index (χ2n) is 7.31. The van der Waals surface area contributed by atoms with Crippen molar-refractivity contribution < 1.29 is 9.53 Å². The molecule has 146 valence electrons. The number of thiophene rings is 1. The molecule has 2 fully saturated rings. The van der Waals surface area contributed by atoms with Crippen molar-refractivity contribution >= 4 is 17.4 Å². The molecule has 7 heteroatoms. The van der Waals surface area contributed by atoms with Crippen LogP contribution in [-0.4, -0.2) is 75.4 Å². The van der Waals surface area contributed by atoms with Crippen molar-refractivity contribution in [2.45, 2.75) is 25.3 Å². The zero-order valence-corrected chi connectivity index (χ0v) is 16.6. The van der Waals surface area contributed by atoms with Gasteiger partial charge in [-0.1, -0.05) is 6.07 Å². The zero-order chi connectivity index (χ0) is 18.2. The number of amides is 2. The van der Waals surface area contributed by atoms with Gasteiger partial charge in [0.2, 0.25) is 0 Å². The Kier molecular flexibility index (Phi) is 7.73. The third-order valence-corrected chi connectivity index (χ3v) is 6.42. The summed E-state index contributed by atoms with van der Waals surface area (Å²) in [6.07, 6.45) is 3.67. The topological polar surface area (TPSA) is 56.8 Å². The van der Waals surface area contributed by atoms with Crippen LogP contribution in [0.3, 0.4) is 0 Å². The molecule has 1 aromatic rings. The lowest BCUT2D eigenvalue weighted by Crippen LogP contribution is -2.43. The van der Waals surface area contributed by atoms with Crippen molar-refractivity contribution in [3.63, 3.8) is 0 Å². The van der Waals surface area contributed by atoms with Crippen molar-refractivity contribution in [2.75, 3.05) is 59.5 Å². The Morgan fingerprint density at radius 3 is 2.92 bits per heavy atom. The maximum absolute atomic E-state index is 12.3. The van der Waals surface area contributed by atoms with Crippen molar-refractivity contribution in [3.8, 4) is 0 Å².